The highest BCUT2D eigenvalue weighted by atomic mass is 35.5. The van der Waals surface area contributed by atoms with Crippen LogP contribution in [0, 0.1) is 6.92 Å². The Hall–Kier alpha value is -1.77. The maximum Gasteiger partial charge on any atom is 0.436 e. The molecule has 1 aliphatic rings. The maximum absolute atomic E-state index is 12.9. The van der Waals surface area contributed by atoms with Crippen molar-refractivity contribution in [3.05, 3.63) is 51.3 Å². The zero-order valence-corrected chi connectivity index (χ0v) is 16.7. The Kier molecular flexibility index (Phi) is 6.21. The van der Waals surface area contributed by atoms with Gasteiger partial charge in [0.05, 0.1) is 10.7 Å². The van der Waals surface area contributed by atoms with Gasteiger partial charge >= 0.3 is 6.18 Å². The monoisotopic (exact) mass is 434 g/mol. The van der Waals surface area contributed by atoms with Crippen molar-refractivity contribution in [2.75, 3.05) is 26.2 Å². The van der Waals surface area contributed by atoms with Crippen LogP contribution in [-0.2, 0) is 24.1 Å². The number of piperazine rings is 1. The summed E-state index contributed by atoms with van der Waals surface area (Å²) in [4.78, 5) is 16.4. The number of aromatic nitrogens is 2. The van der Waals surface area contributed by atoms with Gasteiger partial charge in [0.25, 0.3) is 0 Å². The molecule has 0 aliphatic carbocycles. The van der Waals surface area contributed by atoms with Crippen molar-refractivity contribution < 1.29 is 18.0 Å². The number of halogens is 5. The standard InChI is InChI=1S/C18H19Cl2F3N4O/c1-12-16(20)17(18(21,22)23)24-27(12)11-15(28)26-8-6-25(7-9-26)10-13-2-4-14(19)5-3-13/h2-5H,6-11H2,1H3. The lowest BCUT2D eigenvalue weighted by Gasteiger charge is -2.34. The maximum atomic E-state index is 12.9. The highest BCUT2D eigenvalue weighted by molar-refractivity contribution is 6.32. The van der Waals surface area contributed by atoms with Crippen molar-refractivity contribution in [1.29, 1.82) is 0 Å². The van der Waals surface area contributed by atoms with Crippen molar-refractivity contribution in [3.63, 3.8) is 0 Å². The predicted molar refractivity (Wildman–Crippen MR) is 100 cm³/mol. The molecule has 0 unspecified atom stereocenters. The molecule has 0 saturated carbocycles. The Morgan fingerprint density at radius 2 is 1.71 bits per heavy atom. The Morgan fingerprint density at radius 1 is 1.11 bits per heavy atom. The van der Waals surface area contributed by atoms with Gasteiger partial charge in [-0.1, -0.05) is 35.3 Å². The van der Waals surface area contributed by atoms with Crippen LogP contribution in [0.2, 0.25) is 10.0 Å². The number of hydrogen-bond acceptors (Lipinski definition) is 3. The number of alkyl halides is 3. The molecule has 5 nitrogen and oxygen atoms in total. The number of hydrogen-bond donors (Lipinski definition) is 0. The van der Waals surface area contributed by atoms with E-state index in [0.717, 1.165) is 16.8 Å². The summed E-state index contributed by atoms with van der Waals surface area (Å²) in [5.41, 5.74) is 0.0987. The highest BCUT2D eigenvalue weighted by Gasteiger charge is 2.38. The van der Waals surface area contributed by atoms with Gasteiger partial charge in [-0.25, -0.2) is 0 Å². The molecule has 1 aromatic carbocycles. The third-order valence-corrected chi connectivity index (χ3v) is 5.44. The van der Waals surface area contributed by atoms with Gasteiger partial charge in [0, 0.05) is 37.7 Å². The fraction of sp³-hybridized carbons (Fsp3) is 0.444. The molecule has 2 heterocycles. The average Bonchev–Trinajstić information content (AvgIpc) is 2.93. The Morgan fingerprint density at radius 3 is 2.25 bits per heavy atom. The number of carbonyl (C=O) groups is 1. The second-order valence-electron chi connectivity index (χ2n) is 6.69. The Bertz CT molecular complexity index is 844. The minimum absolute atomic E-state index is 0.128. The minimum Gasteiger partial charge on any atom is -0.339 e. The fourth-order valence-corrected chi connectivity index (χ4v) is 3.46. The van der Waals surface area contributed by atoms with Gasteiger partial charge in [0.1, 0.15) is 6.54 Å². The smallest absolute Gasteiger partial charge is 0.339 e. The quantitative estimate of drug-likeness (QED) is 0.733. The van der Waals surface area contributed by atoms with Crippen molar-refractivity contribution in [2.45, 2.75) is 26.2 Å². The van der Waals surface area contributed by atoms with E-state index in [2.05, 4.69) is 10.00 Å². The lowest BCUT2D eigenvalue weighted by Crippen LogP contribution is -2.49. The first-order chi connectivity index (χ1) is 13.1. The largest absolute Gasteiger partial charge is 0.436 e. The van der Waals surface area contributed by atoms with E-state index in [-0.39, 0.29) is 18.1 Å². The third-order valence-electron chi connectivity index (χ3n) is 4.73. The van der Waals surface area contributed by atoms with Gasteiger partial charge in [-0.3, -0.25) is 14.4 Å². The molecule has 1 aromatic heterocycles. The average molecular weight is 435 g/mol. The van der Waals surface area contributed by atoms with E-state index in [9.17, 15) is 18.0 Å². The van der Waals surface area contributed by atoms with Gasteiger partial charge in [-0.2, -0.15) is 18.3 Å². The Labute approximate surface area is 170 Å². The summed E-state index contributed by atoms with van der Waals surface area (Å²) >= 11 is 11.6. The molecule has 0 bridgehead atoms. The van der Waals surface area contributed by atoms with Gasteiger partial charge in [-0.05, 0) is 24.6 Å². The molecular weight excluding hydrogens is 416 g/mol. The van der Waals surface area contributed by atoms with Crippen LogP contribution in [0.4, 0.5) is 13.2 Å². The van der Waals surface area contributed by atoms with Gasteiger partial charge in [0.2, 0.25) is 5.91 Å². The number of carbonyl (C=O) groups excluding carboxylic acids is 1. The van der Waals surface area contributed by atoms with Crippen molar-refractivity contribution >= 4 is 29.1 Å². The highest BCUT2D eigenvalue weighted by Crippen LogP contribution is 2.35. The molecule has 152 valence electrons. The fourth-order valence-electron chi connectivity index (χ4n) is 3.09. The van der Waals surface area contributed by atoms with E-state index >= 15 is 0 Å². The molecule has 10 heteroatoms. The van der Waals surface area contributed by atoms with Gasteiger partial charge < -0.3 is 4.90 Å². The molecular formula is C18H19Cl2F3N4O. The molecule has 0 radical (unpaired) electrons. The van der Waals surface area contributed by atoms with Crippen LogP contribution in [0.1, 0.15) is 17.0 Å². The molecule has 0 atom stereocenters. The summed E-state index contributed by atoms with van der Waals surface area (Å²) in [6.07, 6.45) is -4.65. The topological polar surface area (TPSA) is 41.4 Å². The van der Waals surface area contributed by atoms with Crippen molar-refractivity contribution in [3.8, 4) is 0 Å². The molecule has 1 saturated heterocycles. The van der Waals surface area contributed by atoms with Crippen LogP contribution in [-0.4, -0.2) is 51.7 Å². The predicted octanol–water partition coefficient (Wildman–Crippen LogP) is 3.86. The van der Waals surface area contributed by atoms with Gasteiger partial charge in [0.15, 0.2) is 5.69 Å². The van der Waals surface area contributed by atoms with Gasteiger partial charge in [-0.15, -0.1) is 0 Å². The summed E-state index contributed by atoms with van der Waals surface area (Å²) in [5.74, 6) is -0.276. The summed E-state index contributed by atoms with van der Waals surface area (Å²) < 4.78 is 39.8. The second-order valence-corrected chi connectivity index (χ2v) is 7.50. The first-order valence-electron chi connectivity index (χ1n) is 8.70. The van der Waals surface area contributed by atoms with Crippen LogP contribution in [0.25, 0.3) is 0 Å². The summed E-state index contributed by atoms with van der Waals surface area (Å²) in [5, 5.41) is 3.70. The van der Waals surface area contributed by atoms with Crippen LogP contribution in [0.3, 0.4) is 0 Å². The van der Waals surface area contributed by atoms with E-state index in [1.807, 2.05) is 24.3 Å². The van der Waals surface area contributed by atoms with E-state index in [0.29, 0.717) is 31.2 Å². The summed E-state index contributed by atoms with van der Waals surface area (Å²) in [6, 6.07) is 7.59. The van der Waals surface area contributed by atoms with E-state index in [1.165, 1.54) is 6.92 Å². The summed E-state index contributed by atoms with van der Waals surface area (Å²) in [7, 11) is 0. The van der Waals surface area contributed by atoms with Crippen LogP contribution in [0.5, 0.6) is 0 Å². The summed E-state index contributed by atoms with van der Waals surface area (Å²) in [6.45, 7) is 4.28. The second kappa shape index (κ2) is 8.31. The molecule has 28 heavy (non-hydrogen) atoms. The molecule has 1 amide bonds. The number of amides is 1. The van der Waals surface area contributed by atoms with Crippen molar-refractivity contribution in [2.24, 2.45) is 0 Å². The number of rotatable bonds is 4. The Balaban J connectivity index is 1.56. The first kappa shape index (κ1) is 21.0. The molecule has 0 spiro atoms. The van der Waals surface area contributed by atoms with Crippen LogP contribution in [0.15, 0.2) is 24.3 Å². The van der Waals surface area contributed by atoms with Crippen LogP contribution < -0.4 is 0 Å². The first-order valence-corrected chi connectivity index (χ1v) is 9.45. The number of benzene rings is 1. The molecule has 3 rings (SSSR count). The SMILES string of the molecule is Cc1c(Cl)c(C(F)(F)F)nn1CC(=O)N1CCN(Cc2ccc(Cl)cc2)CC1. The van der Waals surface area contributed by atoms with E-state index < -0.39 is 16.9 Å². The molecule has 1 aliphatic heterocycles. The van der Waals surface area contributed by atoms with E-state index in [1.54, 1.807) is 4.90 Å². The van der Waals surface area contributed by atoms with E-state index in [4.69, 9.17) is 23.2 Å². The zero-order valence-electron chi connectivity index (χ0n) is 15.1. The van der Waals surface area contributed by atoms with Crippen LogP contribution >= 0.6 is 23.2 Å². The molecule has 2 aromatic rings. The third kappa shape index (κ3) is 4.79. The lowest BCUT2D eigenvalue weighted by molar-refractivity contribution is -0.142. The number of nitrogens with zero attached hydrogens (tertiary/aromatic N) is 4. The molecule has 1 fully saturated rings. The lowest BCUT2D eigenvalue weighted by atomic mass is 10.2. The minimum atomic E-state index is -4.65. The zero-order chi connectivity index (χ0) is 20.5. The normalized spacial score (nSPS) is 15.9. The van der Waals surface area contributed by atoms with Crippen molar-refractivity contribution in [1.82, 2.24) is 19.6 Å². The molecule has 0 N–H and O–H groups in total.